The molecule has 0 saturated carbocycles. The van der Waals surface area contributed by atoms with Crippen LogP contribution in [0.1, 0.15) is 32.6 Å². The Hall–Kier alpha value is -0.0500. The van der Waals surface area contributed by atoms with Gasteiger partial charge in [-0.25, -0.2) is 0 Å². The van der Waals surface area contributed by atoms with Gasteiger partial charge in [0.05, 0.1) is 0 Å². The van der Waals surface area contributed by atoms with Crippen LogP contribution in [0.2, 0.25) is 0 Å². The number of fused-ring (bicyclic) bond motifs is 2. The molecule has 0 aromatic rings. The molecule has 2 fully saturated rings. The molecule has 2 unspecified atom stereocenters. The maximum atomic E-state index is 6.01. The van der Waals surface area contributed by atoms with Gasteiger partial charge in [0, 0.05) is 30.2 Å². The molecule has 2 saturated heterocycles. The Labute approximate surface area is 91.1 Å². The number of nitrogens with two attached hydrogens (primary N) is 1. The Morgan fingerprint density at radius 2 is 2.00 bits per heavy atom. The fourth-order valence-corrected chi connectivity index (χ4v) is 2.97. The van der Waals surface area contributed by atoms with Crippen LogP contribution in [0.3, 0.4) is 0 Å². The minimum Gasteiger partial charge on any atom is -0.328 e. The Bertz CT molecular complexity index is 225. The monoisotopic (exact) mass is 214 g/mol. The van der Waals surface area contributed by atoms with Gasteiger partial charge in [0.2, 0.25) is 0 Å². The molecule has 2 aliphatic heterocycles. The van der Waals surface area contributed by atoms with E-state index >= 15 is 0 Å². The highest BCUT2D eigenvalue weighted by molar-refractivity contribution is 6.25. The summed E-state index contributed by atoms with van der Waals surface area (Å²) in [5.41, 5.74) is 8.98. The number of rotatable bonds is 2. The van der Waals surface area contributed by atoms with Gasteiger partial charge in [-0.1, -0.05) is 11.6 Å². The van der Waals surface area contributed by atoms with Crippen LogP contribution in [0.5, 0.6) is 0 Å². The van der Waals surface area contributed by atoms with E-state index in [2.05, 4.69) is 11.8 Å². The minimum absolute atomic E-state index is 0.434. The first-order valence-electron chi connectivity index (χ1n) is 5.48. The van der Waals surface area contributed by atoms with Gasteiger partial charge in [0.25, 0.3) is 0 Å². The molecule has 0 aromatic carbocycles. The lowest BCUT2D eigenvalue weighted by Crippen LogP contribution is -2.47. The third-order valence-corrected chi connectivity index (χ3v) is 3.91. The predicted octanol–water partition coefficient (Wildman–Crippen LogP) is 2.08. The molecular weight excluding hydrogens is 196 g/mol. The van der Waals surface area contributed by atoms with E-state index in [0.29, 0.717) is 6.04 Å². The maximum Gasteiger partial charge on any atom is 0.0207 e. The topological polar surface area (TPSA) is 29.3 Å². The van der Waals surface area contributed by atoms with E-state index in [-0.39, 0.29) is 0 Å². The van der Waals surface area contributed by atoms with Crippen molar-refractivity contribution in [2.75, 3.05) is 6.54 Å². The molecule has 0 aliphatic carbocycles. The van der Waals surface area contributed by atoms with Gasteiger partial charge >= 0.3 is 0 Å². The average Bonchev–Trinajstić information content (AvgIpc) is 2.41. The number of hydrogen-bond donors (Lipinski definition) is 1. The Kier molecular flexibility index (Phi) is 3.15. The molecule has 3 heteroatoms. The van der Waals surface area contributed by atoms with E-state index in [0.717, 1.165) is 18.6 Å². The van der Waals surface area contributed by atoms with Crippen LogP contribution in [-0.2, 0) is 0 Å². The smallest absolute Gasteiger partial charge is 0.0207 e. The molecule has 2 rings (SSSR count). The molecule has 0 spiro atoms. The minimum atomic E-state index is 0.434. The van der Waals surface area contributed by atoms with Crippen LogP contribution in [0, 0.1) is 0 Å². The van der Waals surface area contributed by atoms with Gasteiger partial charge in [-0.05, 0) is 38.2 Å². The molecule has 2 N–H and O–H groups in total. The molecule has 2 nitrogen and oxygen atoms in total. The van der Waals surface area contributed by atoms with Gasteiger partial charge in [0.1, 0.15) is 0 Å². The lowest BCUT2D eigenvalue weighted by atomic mass is 9.98. The first kappa shape index (κ1) is 10.5. The third-order valence-electron chi connectivity index (χ3n) is 3.54. The highest BCUT2D eigenvalue weighted by Gasteiger charge is 2.39. The molecule has 14 heavy (non-hydrogen) atoms. The second-order valence-corrected chi connectivity index (χ2v) is 4.96. The number of piperidine rings is 1. The van der Waals surface area contributed by atoms with Crippen LogP contribution >= 0.6 is 11.6 Å². The van der Waals surface area contributed by atoms with Crippen molar-refractivity contribution in [3.63, 3.8) is 0 Å². The van der Waals surface area contributed by atoms with Gasteiger partial charge in [-0.3, -0.25) is 4.90 Å². The lowest BCUT2D eigenvalue weighted by Gasteiger charge is -2.37. The summed E-state index contributed by atoms with van der Waals surface area (Å²) in [6.07, 6.45) is 5.00. The lowest BCUT2D eigenvalue weighted by molar-refractivity contribution is 0.140. The van der Waals surface area contributed by atoms with E-state index in [9.17, 15) is 0 Å². The summed E-state index contributed by atoms with van der Waals surface area (Å²) in [6.45, 7) is 3.13. The number of halogens is 1. The fraction of sp³-hybridized carbons (Fsp3) is 0.818. The fourth-order valence-electron chi connectivity index (χ4n) is 2.90. The number of hydrogen-bond acceptors (Lipinski definition) is 2. The Morgan fingerprint density at radius 3 is 2.50 bits per heavy atom. The van der Waals surface area contributed by atoms with E-state index in [1.165, 1.54) is 31.3 Å². The first-order chi connectivity index (χ1) is 6.70. The normalized spacial score (nSPS) is 39.1. The summed E-state index contributed by atoms with van der Waals surface area (Å²) in [7, 11) is 0. The van der Waals surface area contributed by atoms with Crippen molar-refractivity contribution in [1.82, 2.24) is 4.90 Å². The summed E-state index contributed by atoms with van der Waals surface area (Å²) >= 11 is 5.70. The summed E-state index contributed by atoms with van der Waals surface area (Å²) in [4.78, 5) is 2.59. The van der Waals surface area contributed by atoms with Crippen molar-refractivity contribution in [3.8, 4) is 0 Å². The summed E-state index contributed by atoms with van der Waals surface area (Å²) in [5.74, 6) is 0. The molecular formula is C11H19ClN2. The number of nitrogens with zero attached hydrogens (tertiary/aromatic N) is 1. The van der Waals surface area contributed by atoms with Crippen molar-refractivity contribution in [1.29, 1.82) is 0 Å². The predicted molar refractivity (Wildman–Crippen MR) is 60.3 cm³/mol. The van der Waals surface area contributed by atoms with Crippen molar-refractivity contribution in [2.45, 2.75) is 50.7 Å². The molecule has 2 heterocycles. The standard InChI is InChI=1S/C11H19ClN2/c1-8(6-12)7-14-10-2-3-11(14)5-9(13)4-10/h6,9-11H,2-5,7,13H2,1H3. The van der Waals surface area contributed by atoms with Gasteiger partial charge in [-0.2, -0.15) is 0 Å². The zero-order valence-corrected chi connectivity index (χ0v) is 9.50. The van der Waals surface area contributed by atoms with Crippen molar-refractivity contribution in [3.05, 3.63) is 11.1 Å². The molecule has 2 aliphatic rings. The summed E-state index contributed by atoms with van der Waals surface area (Å²) < 4.78 is 0. The van der Waals surface area contributed by atoms with Crippen molar-refractivity contribution >= 4 is 11.6 Å². The molecule has 0 aromatic heterocycles. The van der Waals surface area contributed by atoms with Gasteiger partial charge in [-0.15, -0.1) is 0 Å². The molecule has 0 radical (unpaired) electrons. The van der Waals surface area contributed by atoms with Crippen LogP contribution in [0.4, 0.5) is 0 Å². The average molecular weight is 215 g/mol. The van der Waals surface area contributed by atoms with Gasteiger partial charge in [0.15, 0.2) is 0 Å². The highest BCUT2D eigenvalue weighted by Crippen LogP contribution is 2.35. The SMILES string of the molecule is CC(=CCl)CN1C2CCC1CC(N)C2. The highest BCUT2D eigenvalue weighted by atomic mass is 35.5. The van der Waals surface area contributed by atoms with Crippen LogP contribution in [-0.4, -0.2) is 29.6 Å². The maximum absolute atomic E-state index is 6.01. The second kappa shape index (κ2) is 4.21. The van der Waals surface area contributed by atoms with Crippen molar-refractivity contribution in [2.24, 2.45) is 5.73 Å². The Balaban J connectivity index is 2.00. The van der Waals surface area contributed by atoms with Crippen LogP contribution in [0.25, 0.3) is 0 Å². The summed E-state index contributed by atoms with van der Waals surface area (Å²) in [5, 5.41) is 0. The largest absolute Gasteiger partial charge is 0.328 e. The third kappa shape index (κ3) is 1.97. The molecule has 2 atom stereocenters. The molecule has 80 valence electrons. The van der Waals surface area contributed by atoms with E-state index in [1.807, 2.05) is 0 Å². The van der Waals surface area contributed by atoms with E-state index in [1.54, 1.807) is 5.54 Å². The van der Waals surface area contributed by atoms with Crippen molar-refractivity contribution < 1.29 is 0 Å². The summed E-state index contributed by atoms with van der Waals surface area (Å²) in [6, 6.07) is 1.87. The molecule has 0 amide bonds. The van der Waals surface area contributed by atoms with E-state index < -0.39 is 0 Å². The van der Waals surface area contributed by atoms with E-state index in [4.69, 9.17) is 17.3 Å². The molecule has 2 bridgehead atoms. The zero-order chi connectivity index (χ0) is 10.1. The second-order valence-electron chi connectivity index (χ2n) is 4.74. The first-order valence-corrected chi connectivity index (χ1v) is 5.91. The quantitative estimate of drug-likeness (QED) is 0.763. The zero-order valence-electron chi connectivity index (χ0n) is 8.75. The van der Waals surface area contributed by atoms with Crippen LogP contribution in [0.15, 0.2) is 11.1 Å². The van der Waals surface area contributed by atoms with Gasteiger partial charge < -0.3 is 5.73 Å². The van der Waals surface area contributed by atoms with Crippen LogP contribution < -0.4 is 5.73 Å². The Morgan fingerprint density at radius 1 is 1.43 bits per heavy atom.